The van der Waals surface area contributed by atoms with E-state index in [1.54, 1.807) is 0 Å². The van der Waals surface area contributed by atoms with Crippen molar-refractivity contribution in [2.45, 2.75) is 13.0 Å². The van der Waals surface area contributed by atoms with E-state index in [1.165, 1.54) is 0 Å². The Bertz CT molecular complexity index is 344. The largest absolute Gasteiger partial charge is 0.370 e. The molecule has 1 heterocycles. The van der Waals surface area contributed by atoms with Gasteiger partial charge in [0, 0.05) is 25.2 Å². The van der Waals surface area contributed by atoms with Crippen molar-refractivity contribution in [3.63, 3.8) is 0 Å². The summed E-state index contributed by atoms with van der Waals surface area (Å²) in [6.45, 7) is 2.53. The van der Waals surface area contributed by atoms with Crippen LogP contribution in [0.3, 0.4) is 0 Å². The van der Waals surface area contributed by atoms with Crippen LogP contribution in [0.4, 0.5) is 0 Å². The average molecular weight is 189 g/mol. The van der Waals surface area contributed by atoms with Crippen molar-refractivity contribution in [3.05, 3.63) is 35.4 Å². The molecule has 0 fully saturated rings. The number of nitrogens with zero attached hydrogens (tertiary/aromatic N) is 1. The molecule has 1 aliphatic heterocycles. The van der Waals surface area contributed by atoms with Crippen molar-refractivity contribution >= 4 is 5.84 Å². The van der Waals surface area contributed by atoms with Gasteiger partial charge in [-0.05, 0) is 18.1 Å². The van der Waals surface area contributed by atoms with E-state index in [9.17, 15) is 0 Å². The van der Waals surface area contributed by atoms with Gasteiger partial charge in [-0.25, -0.2) is 0 Å². The van der Waals surface area contributed by atoms with Crippen molar-refractivity contribution in [1.29, 1.82) is 0 Å². The lowest BCUT2D eigenvalue weighted by Gasteiger charge is -2.14. The quantitative estimate of drug-likeness (QED) is 0.725. The Hall–Kier alpha value is -1.35. The molecule has 0 radical (unpaired) electrons. The average Bonchev–Trinajstić information content (AvgIpc) is 2.30. The summed E-state index contributed by atoms with van der Waals surface area (Å²) in [6, 6.07) is 8.22. The number of hydrogen-bond donors (Lipinski definition) is 2. The van der Waals surface area contributed by atoms with E-state index in [0.717, 1.165) is 36.5 Å². The van der Waals surface area contributed by atoms with Gasteiger partial charge in [0.25, 0.3) is 0 Å². The SMILES string of the molecule is NCc1cccc(C2=NCCCN2)c1. The molecular formula is C11H15N3. The lowest BCUT2D eigenvalue weighted by molar-refractivity contribution is 0.742. The monoisotopic (exact) mass is 189 g/mol. The summed E-state index contributed by atoms with van der Waals surface area (Å²) in [5, 5.41) is 3.30. The second-order valence-corrected chi connectivity index (χ2v) is 3.42. The summed E-state index contributed by atoms with van der Waals surface area (Å²) in [6.07, 6.45) is 1.13. The zero-order valence-electron chi connectivity index (χ0n) is 8.16. The van der Waals surface area contributed by atoms with Crippen molar-refractivity contribution in [2.24, 2.45) is 10.7 Å². The van der Waals surface area contributed by atoms with Gasteiger partial charge >= 0.3 is 0 Å². The van der Waals surface area contributed by atoms with Gasteiger partial charge in [0.1, 0.15) is 5.84 Å². The molecule has 0 amide bonds. The van der Waals surface area contributed by atoms with E-state index in [-0.39, 0.29) is 0 Å². The minimum atomic E-state index is 0.584. The summed E-state index contributed by atoms with van der Waals surface area (Å²) in [4.78, 5) is 4.44. The topological polar surface area (TPSA) is 50.4 Å². The summed E-state index contributed by atoms with van der Waals surface area (Å²) < 4.78 is 0. The van der Waals surface area contributed by atoms with Crippen molar-refractivity contribution in [3.8, 4) is 0 Å². The first-order valence-electron chi connectivity index (χ1n) is 4.98. The van der Waals surface area contributed by atoms with Crippen molar-refractivity contribution < 1.29 is 0 Å². The van der Waals surface area contributed by atoms with Crippen LogP contribution in [-0.2, 0) is 6.54 Å². The molecule has 0 aromatic heterocycles. The number of amidine groups is 1. The van der Waals surface area contributed by atoms with Crippen LogP contribution < -0.4 is 11.1 Å². The summed E-state index contributed by atoms with van der Waals surface area (Å²) >= 11 is 0. The molecule has 1 aromatic carbocycles. The van der Waals surface area contributed by atoms with Crippen LogP contribution in [0.25, 0.3) is 0 Å². The van der Waals surface area contributed by atoms with Crippen LogP contribution in [0.1, 0.15) is 17.5 Å². The Morgan fingerprint density at radius 1 is 1.43 bits per heavy atom. The number of nitrogens with one attached hydrogen (secondary N) is 1. The molecule has 0 aliphatic carbocycles. The van der Waals surface area contributed by atoms with Gasteiger partial charge in [0.05, 0.1) is 0 Å². The highest BCUT2D eigenvalue weighted by Gasteiger charge is 2.06. The van der Waals surface area contributed by atoms with Gasteiger partial charge in [-0.2, -0.15) is 0 Å². The molecule has 0 unspecified atom stereocenters. The number of aliphatic imine (C=N–C) groups is 1. The standard InChI is InChI=1S/C11H15N3/c12-8-9-3-1-4-10(7-9)11-13-5-2-6-14-11/h1,3-4,7H,2,5-6,8,12H2,(H,13,14). The molecule has 74 valence electrons. The highest BCUT2D eigenvalue weighted by atomic mass is 15.0. The molecule has 0 spiro atoms. The van der Waals surface area contributed by atoms with Gasteiger partial charge in [0.2, 0.25) is 0 Å². The third-order valence-electron chi connectivity index (χ3n) is 2.33. The van der Waals surface area contributed by atoms with Crippen LogP contribution >= 0.6 is 0 Å². The third-order valence-corrected chi connectivity index (χ3v) is 2.33. The van der Waals surface area contributed by atoms with Gasteiger partial charge < -0.3 is 11.1 Å². The summed E-state index contributed by atoms with van der Waals surface area (Å²) in [7, 11) is 0. The van der Waals surface area contributed by atoms with E-state index in [1.807, 2.05) is 12.1 Å². The fraction of sp³-hybridized carbons (Fsp3) is 0.364. The van der Waals surface area contributed by atoms with Crippen LogP contribution in [0, 0.1) is 0 Å². The maximum atomic E-state index is 5.59. The predicted molar refractivity (Wildman–Crippen MR) is 58.4 cm³/mol. The Labute approximate surface area is 84.0 Å². The van der Waals surface area contributed by atoms with Gasteiger partial charge in [-0.15, -0.1) is 0 Å². The number of benzene rings is 1. The normalized spacial score (nSPS) is 15.9. The smallest absolute Gasteiger partial charge is 0.128 e. The third kappa shape index (κ3) is 1.93. The molecule has 0 saturated carbocycles. The first kappa shape index (κ1) is 9.21. The molecule has 2 rings (SSSR count). The Morgan fingerprint density at radius 3 is 3.07 bits per heavy atom. The fourth-order valence-corrected chi connectivity index (χ4v) is 1.57. The Kier molecular flexibility index (Phi) is 2.79. The highest BCUT2D eigenvalue weighted by molar-refractivity contribution is 5.99. The summed E-state index contributed by atoms with van der Waals surface area (Å²) in [5.41, 5.74) is 7.88. The molecule has 1 aromatic rings. The van der Waals surface area contributed by atoms with Gasteiger partial charge in [-0.3, -0.25) is 4.99 Å². The predicted octanol–water partition coefficient (Wildman–Crippen LogP) is 0.885. The maximum Gasteiger partial charge on any atom is 0.128 e. The number of nitrogens with two attached hydrogens (primary N) is 1. The fourth-order valence-electron chi connectivity index (χ4n) is 1.57. The molecule has 0 atom stereocenters. The van der Waals surface area contributed by atoms with E-state index in [4.69, 9.17) is 5.73 Å². The molecule has 3 N–H and O–H groups in total. The van der Waals surface area contributed by atoms with Gasteiger partial charge in [-0.1, -0.05) is 18.2 Å². The molecule has 14 heavy (non-hydrogen) atoms. The molecule has 3 nitrogen and oxygen atoms in total. The second-order valence-electron chi connectivity index (χ2n) is 3.42. The lowest BCUT2D eigenvalue weighted by atomic mass is 10.1. The molecule has 0 bridgehead atoms. The van der Waals surface area contributed by atoms with E-state index in [2.05, 4.69) is 22.4 Å². The first-order chi connectivity index (χ1) is 6.90. The van der Waals surface area contributed by atoms with Crippen molar-refractivity contribution in [2.75, 3.05) is 13.1 Å². The van der Waals surface area contributed by atoms with Crippen LogP contribution in [0.15, 0.2) is 29.3 Å². The Balaban J connectivity index is 2.26. The van der Waals surface area contributed by atoms with Crippen LogP contribution in [-0.4, -0.2) is 18.9 Å². The first-order valence-corrected chi connectivity index (χ1v) is 4.98. The zero-order chi connectivity index (χ0) is 9.80. The summed E-state index contributed by atoms with van der Waals surface area (Å²) in [5.74, 6) is 1.01. The zero-order valence-corrected chi connectivity index (χ0v) is 8.16. The Morgan fingerprint density at radius 2 is 2.36 bits per heavy atom. The van der Waals surface area contributed by atoms with Crippen molar-refractivity contribution in [1.82, 2.24) is 5.32 Å². The van der Waals surface area contributed by atoms with Gasteiger partial charge in [0.15, 0.2) is 0 Å². The number of hydrogen-bond acceptors (Lipinski definition) is 3. The van der Waals surface area contributed by atoms with E-state index < -0.39 is 0 Å². The van der Waals surface area contributed by atoms with Crippen LogP contribution in [0.5, 0.6) is 0 Å². The maximum absolute atomic E-state index is 5.59. The lowest BCUT2D eigenvalue weighted by Crippen LogP contribution is -2.30. The highest BCUT2D eigenvalue weighted by Crippen LogP contribution is 2.07. The molecule has 1 aliphatic rings. The number of rotatable bonds is 2. The van der Waals surface area contributed by atoms with Crippen LogP contribution in [0.2, 0.25) is 0 Å². The minimum Gasteiger partial charge on any atom is -0.370 e. The second kappa shape index (κ2) is 4.24. The molecule has 3 heteroatoms. The molecular weight excluding hydrogens is 174 g/mol. The van der Waals surface area contributed by atoms with E-state index >= 15 is 0 Å². The molecule has 0 saturated heterocycles. The van der Waals surface area contributed by atoms with E-state index in [0.29, 0.717) is 6.54 Å². The minimum absolute atomic E-state index is 0.584.